The third-order valence-electron chi connectivity index (χ3n) is 7.08. The van der Waals surface area contributed by atoms with Gasteiger partial charge in [-0.1, -0.05) is 11.6 Å². The molecule has 7 nitrogen and oxygen atoms in total. The molecule has 2 aromatic carbocycles. The summed E-state index contributed by atoms with van der Waals surface area (Å²) < 4.78 is 67.4. The molecule has 12 heteroatoms. The molecule has 0 N–H and O–H groups in total. The lowest BCUT2D eigenvalue weighted by atomic mass is 9.95. The van der Waals surface area contributed by atoms with Gasteiger partial charge in [-0.05, 0) is 37.6 Å². The largest absolute Gasteiger partial charge is 0.367 e. The summed E-state index contributed by atoms with van der Waals surface area (Å²) in [7, 11) is -1.57. The number of aromatic nitrogens is 2. The first-order valence-corrected chi connectivity index (χ1v) is 13.9. The van der Waals surface area contributed by atoms with Gasteiger partial charge in [-0.15, -0.1) is 0 Å². The van der Waals surface area contributed by atoms with Crippen molar-refractivity contribution in [2.24, 2.45) is 7.05 Å². The molecule has 0 aliphatic carbocycles. The monoisotopic (exact) mass is 552 g/mol. The number of amides is 1. The molecule has 1 atom stereocenters. The Labute approximate surface area is 217 Å². The van der Waals surface area contributed by atoms with Crippen LogP contribution in [0.1, 0.15) is 34.6 Å². The Morgan fingerprint density at radius 1 is 1.05 bits per heavy atom. The average Bonchev–Trinajstić information content (AvgIpc) is 3.10. The van der Waals surface area contributed by atoms with Gasteiger partial charge in [0.25, 0.3) is 5.91 Å². The van der Waals surface area contributed by atoms with Gasteiger partial charge in [0.2, 0.25) is 0 Å². The number of aryl methyl sites for hydroxylation is 1. The van der Waals surface area contributed by atoms with Crippen LogP contribution in [-0.4, -0.2) is 60.1 Å². The van der Waals surface area contributed by atoms with Gasteiger partial charge >= 0.3 is 0 Å². The quantitative estimate of drug-likeness (QED) is 0.486. The normalized spacial score (nSPS) is 18.1. The van der Waals surface area contributed by atoms with Crippen LogP contribution in [0, 0.1) is 17.5 Å². The molecule has 1 fully saturated rings. The van der Waals surface area contributed by atoms with Crippen LogP contribution in [0.4, 0.5) is 18.9 Å². The number of fused-ring (bicyclic) bond motifs is 1. The molecule has 2 aliphatic heterocycles. The van der Waals surface area contributed by atoms with Gasteiger partial charge in [0.15, 0.2) is 9.84 Å². The Balaban J connectivity index is 1.45. The van der Waals surface area contributed by atoms with Crippen LogP contribution in [0.3, 0.4) is 0 Å². The van der Waals surface area contributed by atoms with Gasteiger partial charge in [0, 0.05) is 50.1 Å². The number of hydrogen-bond acceptors (Lipinski definition) is 5. The minimum absolute atomic E-state index is 0.0295. The minimum Gasteiger partial charge on any atom is -0.367 e. The number of sulfone groups is 1. The molecule has 2 aliphatic rings. The van der Waals surface area contributed by atoms with Crippen molar-refractivity contribution in [3.63, 3.8) is 0 Å². The maximum Gasteiger partial charge on any atom is 0.256 e. The fraction of sp³-hybridized carbons (Fsp3) is 0.360. The standard InChI is InChI=1S/C25H24ClF3N4O3S/c1-13-23-19(24(31(2)30-23)14-6-15(27)8-16(28)7-14)4-5-33(13)25(34)20-9-17(29)10-21(22(20)26)32-11-18(12-32)37(3,35)36/h6-10,13,18H,4-5,11-12H2,1-3H3/t13-/m0/s1. The molecule has 0 bridgehead atoms. The highest BCUT2D eigenvalue weighted by Gasteiger charge is 2.38. The van der Waals surface area contributed by atoms with Gasteiger partial charge in [-0.25, -0.2) is 21.6 Å². The zero-order valence-corrected chi connectivity index (χ0v) is 21.9. The average molecular weight is 553 g/mol. The highest BCUT2D eigenvalue weighted by Crippen LogP contribution is 2.39. The van der Waals surface area contributed by atoms with Crippen molar-refractivity contribution in [2.45, 2.75) is 24.6 Å². The lowest BCUT2D eigenvalue weighted by molar-refractivity contribution is 0.0673. The van der Waals surface area contributed by atoms with Gasteiger partial charge in [-0.3, -0.25) is 9.48 Å². The predicted octanol–water partition coefficient (Wildman–Crippen LogP) is 4.15. The molecule has 3 aromatic rings. The molecular weight excluding hydrogens is 529 g/mol. The van der Waals surface area contributed by atoms with E-state index in [0.717, 1.165) is 24.0 Å². The third-order valence-corrected chi connectivity index (χ3v) is 8.99. The Bertz CT molecular complexity index is 1520. The van der Waals surface area contributed by atoms with Crippen LogP contribution in [-0.2, 0) is 23.3 Å². The number of halogens is 4. The highest BCUT2D eigenvalue weighted by atomic mass is 35.5. The van der Waals surface area contributed by atoms with Crippen molar-refractivity contribution in [2.75, 3.05) is 30.8 Å². The van der Waals surface area contributed by atoms with Crippen molar-refractivity contribution in [1.82, 2.24) is 14.7 Å². The maximum absolute atomic E-state index is 14.6. The number of nitrogens with zero attached hydrogens (tertiary/aromatic N) is 4. The molecule has 5 rings (SSSR count). The summed E-state index contributed by atoms with van der Waals surface area (Å²) in [5, 5.41) is 4.02. The van der Waals surface area contributed by atoms with E-state index in [9.17, 15) is 26.4 Å². The topological polar surface area (TPSA) is 75.5 Å². The molecule has 37 heavy (non-hydrogen) atoms. The van der Waals surface area contributed by atoms with E-state index in [4.69, 9.17) is 11.6 Å². The predicted molar refractivity (Wildman–Crippen MR) is 134 cm³/mol. The second-order valence-electron chi connectivity index (χ2n) is 9.56. The van der Waals surface area contributed by atoms with E-state index >= 15 is 0 Å². The van der Waals surface area contributed by atoms with Gasteiger partial charge in [0.05, 0.1) is 39.0 Å². The zero-order chi connectivity index (χ0) is 26.8. The third kappa shape index (κ3) is 4.48. The molecular formula is C25H24ClF3N4O3S. The molecule has 0 unspecified atom stereocenters. The van der Waals surface area contributed by atoms with E-state index in [1.165, 1.54) is 23.1 Å². The molecule has 1 aromatic heterocycles. The number of benzene rings is 2. The summed E-state index contributed by atoms with van der Waals surface area (Å²) in [6, 6.07) is 5.02. The van der Waals surface area contributed by atoms with E-state index in [2.05, 4.69) is 5.10 Å². The molecule has 0 radical (unpaired) electrons. The summed E-state index contributed by atoms with van der Waals surface area (Å²) in [5.74, 6) is -2.56. The van der Waals surface area contributed by atoms with Crippen LogP contribution >= 0.6 is 11.6 Å². The van der Waals surface area contributed by atoms with E-state index in [1.54, 1.807) is 23.6 Å². The van der Waals surface area contributed by atoms with E-state index in [1.807, 2.05) is 0 Å². The first-order valence-electron chi connectivity index (χ1n) is 11.6. The summed E-state index contributed by atoms with van der Waals surface area (Å²) in [6.45, 7) is 2.36. The van der Waals surface area contributed by atoms with Crippen LogP contribution in [0.25, 0.3) is 11.3 Å². The summed E-state index contributed by atoms with van der Waals surface area (Å²) in [6.07, 6.45) is 1.52. The second-order valence-corrected chi connectivity index (χ2v) is 12.3. The summed E-state index contributed by atoms with van der Waals surface area (Å²) in [5.41, 5.74) is 2.51. The van der Waals surface area contributed by atoms with Crippen LogP contribution in [0.5, 0.6) is 0 Å². The fourth-order valence-corrected chi connectivity index (χ4v) is 6.31. The van der Waals surface area contributed by atoms with E-state index in [-0.39, 0.29) is 35.9 Å². The summed E-state index contributed by atoms with van der Waals surface area (Å²) >= 11 is 6.56. The molecule has 1 saturated heterocycles. The molecule has 196 valence electrons. The molecule has 1 amide bonds. The van der Waals surface area contributed by atoms with Crippen LogP contribution < -0.4 is 4.90 Å². The molecule has 0 saturated carbocycles. The van der Waals surface area contributed by atoms with Gasteiger partial charge in [-0.2, -0.15) is 5.10 Å². The maximum atomic E-state index is 14.6. The number of hydrogen-bond donors (Lipinski definition) is 0. The first kappa shape index (κ1) is 25.6. The molecule has 3 heterocycles. The Hall–Kier alpha value is -3.05. The summed E-state index contributed by atoms with van der Waals surface area (Å²) in [4.78, 5) is 16.7. The Morgan fingerprint density at radius 2 is 1.68 bits per heavy atom. The number of carbonyl (C=O) groups is 1. The van der Waals surface area contributed by atoms with Crippen molar-refractivity contribution < 1.29 is 26.4 Å². The highest BCUT2D eigenvalue weighted by molar-refractivity contribution is 7.91. The lowest BCUT2D eigenvalue weighted by Crippen LogP contribution is -2.54. The smallest absolute Gasteiger partial charge is 0.256 e. The fourth-order valence-electron chi connectivity index (χ4n) is 5.09. The van der Waals surface area contributed by atoms with Crippen molar-refractivity contribution in [3.8, 4) is 11.3 Å². The Morgan fingerprint density at radius 3 is 2.30 bits per heavy atom. The minimum atomic E-state index is -3.24. The first-order chi connectivity index (χ1) is 17.3. The number of anilines is 1. The van der Waals surface area contributed by atoms with Gasteiger partial charge in [0.1, 0.15) is 17.5 Å². The van der Waals surface area contributed by atoms with Crippen molar-refractivity contribution in [3.05, 3.63) is 69.6 Å². The number of rotatable bonds is 4. The second kappa shape index (κ2) is 9.05. The van der Waals surface area contributed by atoms with E-state index in [0.29, 0.717) is 23.4 Å². The van der Waals surface area contributed by atoms with Crippen molar-refractivity contribution in [1.29, 1.82) is 0 Å². The van der Waals surface area contributed by atoms with Gasteiger partial charge < -0.3 is 9.80 Å². The van der Waals surface area contributed by atoms with Crippen LogP contribution in [0.15, 0.2) is 30.3 Å². The SMILES string of the molecule is C[C@H]1c2nn(C)c(-c3cc(F)cc(F)c3)c2CCN1C(=O)c1cc(F)cc(N2CC(S(C)(=O)=O)C2)c1Cl. The zero-order valence-electron chi connectivity index (χ0n) is 20.3. The Kier molecular flexibility index (Phi) is 6.26. The van der Waals surface area contributed by atoms with E-state index < -0.39 is 44.5 Å². The molecule has 0 spiro atoms. The number of carbonyl (C=O) groups excluding carboxylic acids is 1. The van der Waals surface area contributed by atoms with Crippen molar-refractivity contribution >= 4 is 33.0 Å². The van der Waals surface area contributed by atoms with Crippen LogP contribution in [0.2, 0.25) is 5.02 Å². The lowest BCUT2D eigenvalue weighted by Gasteiger charge is -2.40.